The lowest BCUT2D eigenvalue weighted by Gasteiger charge is -2.36. The average molecular weight is 563 g/mol. The molecule has 39 heavy (non-hydrogen) atoms. The highest BCUT2D eigenvalue weighted by atomic mass is 28.4. The topological polar surface area (TPSA) is 9.23 Å². The molecule has 0 N–H and O–H groups in total. The lowest BCUT2D eigenvalue weighted by Crippen LogP contribution is -2.40. The first kappa shape index (κ1) is 38.7. The maximum atomic E-state index is 6.29. The van der Waals surface area contributed by atoms with Crippen LogP contribution in [0, 0.1) is 12.3 Å². The van der Waals surface area contributed by atoms with Gasteiger partial charge in [-0.1, -0.05) is 181 Å². The summed E-state index contributed by atoms with van der Waals surface area (Å²) in [5.74, 6) is 2.74. The molecule has 0 bridgehead atoms. The molecule has 0 atom stereocenters. The van der Waals surface area contributed by atoms with Gasteiger partial charge >= 0.3 is 0 Å². The van der Waals surface area contributed by atoms with Crippen molar-refractivity contribution in [2.45, 2.75) is 219 Å². The third kappa shape index (κ3) is 27.7. The van der Waals surface area contributed by atoms with Crippen LogP contribution < -0.4 is 0 Å². The van der Waals surface area contributed by atoms with E-state index in [1.807, 2.05) is 0 Å². The largest absolute Gasteiger partial charge is 0.417 e. The van der Waals surface area contributed by atoms with Crippen molar-refractivity contribution in [3.63, 3.8) is 0 Å². The van der Waals surface area contributed by atoms with Crippen LogP contribution in [0.4, 0.5) is 0 Å². The summed E-state index contributed by atoms with van der Waals surface area (Å²) in [5.41, 5.74) is 0. The molecule has 0 aliphatic rings. The number of rotatable bonds is 30. The van der Waals surface area contributed by atoms with Crippen LogP contribution in [0.25, 0.3) is 0 Å². The quantitative estimate of drug-likeness (QED) is 0.0480. The van der Waals surface area contributed by atoms with E-state index in [0.717, 1.165) is 13.0 Å². The van der Waals surface area contributed by atoms with E-state index in [4.69, 9.17) is 10.8 Å². The highest BCUT2D eigenvalue weighted by Gasteiger charge is 2.36. The van der Waals surface area contributed by atoms with Gasteiger partial charge in [0.2, 0.25) is 0 Å². The second-order valence-corrected chi connectivity index (χ2v) is 18.9. The molecule has 2 heteroatoms. The smallest absolute Gasteiger partial charge is 0.191 e. The van der Waals surface area contributed by atoms with Crippen LogP contribution in [0.2, 0.25) is 18.1 Å². The second-order valence-electron chi connectivity index (χ2n) is 14.1. The minimum Gasteiger partial charge on any atom is -0.417 e. The van der Waals surface area contributed by atoms with Crippen LogP contribution in [0.1, 0.15) is 201 Å². The Hall–Kier alpha value is -0.263. The van der Waals surface area contributed by atoms with E-state index < -0.39 is 8.32 Å². The normalized spacial score (nSPS) is 12.2. The van der Waals surface area contributed by atoms with E-state index >= 15 is 0 Å². The van der Waals surface area contributed by atoms with Crippen LogP contribution in [-0.2, 0) is 4.43 Å². The number of hydrogen-bond acceptors (Lipinski definition) is 1. The van der Waals surface area contributed by atoms with Gasteiger partial charge in [-0.05, 0) is 31.0 Å². The van der Waals surface area contributed by atoms with Gasteiger partial charge in [0.1, 0.15) is 0 Å². The minimum atomic E-state index is -1.53. The summed E-state index contributed by atoms with van der Waals surface area (Å²) < 4.78 is 6.29. The van der Waals surface area contributed by atoms with Crippen molar-refractivity contribution in [2.75, 3.05) is 6.61 Å². The standard InChI is InChI=1S/C37H74OSi/c1-7-8-9-10-11-12-13-14-15-16-17-18-19-20-21-22-23-24-25-26-27-28-29-30-31-32-33-34-35-36-38-39(5,6)37(2,3)4/h1H,8-36H2,2-6H3. The van der Waals surface area contributed by atoms with Gasteiger partial charge in [-0.25, -0.2) is 0 Å². The fourth-order valence-corrected chi connectivity index (χ4v) is 6.38. The van der Waals surface area contributed by atoms with Gasteiger partial charge in [0.25, 0.3) is 0 Å². The second kappa shape index (κ2) is 27.9. The van der Waals surface area contributed by atoms with Crippen molar-refractivity contribution < 1.29 is 4.43 Å². The predicted molar refractivity (Wildman–Crippen MR) is 181 cm³/mol. The Morgan fingerprint density at radius 1 is 0.436 bits per heavy atom. The highest BCUT2D eigenvalue weighted by molar-refractivity contribution is 6.74. The molecule has 0 heterocycles. The Labute approximate surface area is 249 Å². The Balaban J connectivity index is 3.13. The summed E-state index contributed by atoms with van der Waals surface area (Å²) in [6.07, 6.45) is 44.9. The molecule has 1 nitrogen and oxygen atoms in total. The molecule has 0 aliphatic heterocycles. The third-order valence-electron chi connectivity index (χ3n) is 9.23. The number of hydrogen-bond donors (Lipinski definition) is 0. The van der Waals surface area contributed by atoms with E-state index in [9.17, 15) is 0 Å². The van der Waals surface area contributed by atoms with Crippen LogP contribution in [0.15, 0.2) is 0 Å². The van der Waals surface area contributed by atoms with Gasteiger partial charge in [0, 0.05) is 13.0 Å². The lowest BCUT2D eigenvalue weighted by atomic mass is 10.0. The van der Waals surface area contributed by atoms with Crippen molar-refractivity contribution in [3.8, 4) is 12.3 Å². The van der Waals surface area contributed by atoms with E-state index in [-0.39, 0.29) is 0 Å². The molecule has 0 rings (SSSR count). The summed E-state index contributed by atoms with van der Waals surface area (Å²) in [4.78, 5) is 0. The van der Waals surface area contributed by atoms with Crippen molar-refractivity contribution in [3.05, 3.63) is 0 Å². The summed E-state index contributed by atoms with van der Waals surface area (Å²) >= 11 is 0. The van der Waals surface area contributed by atoms with Gasteiger partial charge in [0.15, 0.2) is 8.32 Å². The zero-order valence-corrected chi connectivity index (χ0v) is 29.0. The molecule has 0 fully saturated rings. The van der Waals surface area contributed by atoms with E-state index in [0.29, 0.717) is 5.04 Å². The Kier molecular flexibility index (Phi) is 27.7. The first-order chi connectivity index (χ1) is 18.8. The molecule has 0 aromatic carbocycles. The minimum absolute atomic E-state index is 0.343. The van der Waals surface area contributed by atoms with Gasteiger partial charge in [0.05, 0.1) is 0 Å². The predicted octanol–water partition coefficient (Wildman–Crippen LogP) is 13.6. The molecule has 0 spiro atoms. The molecule has 0 amide bonds. The van der Waals surface area contributed by atoms with Gasteiger partial charge in [-0.15, -0.1) is 12.3 Å². The van der Waals surface area contributed by atoms with E-state index in [1.165, 1.54) is 173 Å². The molecule has 0 aromatic rings. The van der Waals surface area contributed by atoms with Crippen LogP contribution >= 0.6 is 0 Å². The van der Waals surface area contributed by atoms with Crippen molar-refractivity contribution in [1.82, 2.24) is 0 Å². The van der Waals surface area contributed by atoms with Crippen molar-refractivity contribution in [1.29, 1.82) is 0 Å². The number of unbranched alkanes of at least 4 members (excludes halogenated alkanes) is 27. The van der Waals surface area contributed by atoms with Crippen molar-refractivity contribution in [2.24, 2.45) is 0 Å². The Morgan fingerprint density at radius 2 is 0.667 bits per heavy atom. The monoisotopic (exact) mass is 563 g/mol. The van der Waals surface area contributed by atoms with Crippen molar-refractivity contribution >= 4 is 8.32 Å². The first-order valence-electron chi connectivity index (χ1n) is 17.9. The summed E-state index contributed by atoms with van der Waals surface area (Å²) in [6.45, 7) is 12.7. The number of terminal acetylenes is 1. The van der Waals surface area contributed by atoms with E-state index in [1.54, 1.807) is 0 Å². The molecule has 0 saturated carbocycles. The fraction of sp³-hybridized carbons (Fsp3) is 0.946. The van der Waals surface area contributed by atoms with Gasteiger partial charge < -0.3 is 4.43 Å². The highest BCUT2D eigenvalue weighted by Crippen LogP contribution is 2.36. The van der Waals surface area contributed by atoms with Crippen LogP contribution in [-0.4, -0.2) is 14.9 Å². The Bertz CT molecular complexity index is 527. The zero-order chi connectivity index (χ0) is 28.9. The Morgan fingerprint density at radius 3 is 0.897 bits per heavy atom. The molecular formula is C37H74OSi. The lowest BCUT2D eigenvalue weighted by molar-refractivity contribution is 0.277. The summed E-state index contributed by atoms with van der Waals surface area (Å²) in [5, 5.41) is 0.343. The van der Waals surface area contributed by atoms with Crippen LogP contribution in [0.5, 0.6) is 0 Å². The van der Waals surface area contributed by atoms with Gasteiger partial charge in [-0.2, -0.15) is 0 Å². The zero-order valence-electron chi connectivity index (χ0n) is 28.0. The van der Waals surface area contributed by atoms with Gasteiger partial charge in [-0.3, -0.25) is 0 Å². The molecule has 232 valence electrons. The molecule has 0 aromatic heterocycles. The molecule has 0 saturated heterocycles. The van der Waals surface area contributed by atoms with Crippen LogP contribution in [0.3, 0.4) is 0 Å². The molecule has 0 aliphatic carbocycles. The summed E-state index contributed by atoms with van der Waals surface area (Å²) in [7, 11) is -1.53. The maximum absolute atomic E-state index is 6.29. The summed E-state index contributed by atoms with van der Waals surface area (Å²) in [6, 6.07) is 0. The average Bonchev–Trinajstić information content (AvgIpc) is 2.89. The molecule has 0 unspecified atom stereocenters. The van der Waals surface area contributed by atoms with E-state index in [2.05, 4.69) is 39.8 Å². The third-order valence-corrected chi connectivity index (χ3v) is 13.8. The molecular weight excluding hydrogens is 488 g/mol. The fourth-order valence-electron chi connectivity index (χ4n) is 5.29. The molecule has 0 radical (unpaired) electrons. The SMILES string of the molecule is C#CCCCCCCCCCCCCCCCCCCCCCCCCCCCCCO[Si](C)(C)C(C)(C)C. The maximum Gasteiger partial charge on any atom is 0.191 e. The first-order valence-corrected chi connectivity index (χ1v) is 20.8.